The van der Waals surface area contributed by atoms with Crippen molar-refractivity contribution >= 4 is 16.8 Å². The molecule has 2 aliphatic rings. The van der Waals surface area contributed by atoms with Crippen molar-refractivity contribution in [3.8, 4) is 5.75 Å². The zero-order chi connectivity index (χ0) is 21.2. The van der Waals surface area contributed by atoms with Crippen LogP contribution in [0.2, 0.25) is 0 Å². The smallest absolute Gasteiger partial charge is 0.223 e. The zero-order valence-electron chi connectivity index (χ0n) is 18.2. The molecule has 5 heteroatoms. The molecule has 162 valence electrons. The number of fused-ring (bicyclic) bond motifs is 2. The summed E-state index contributed by atoms with van der Waals surface area (Å²) in [6.45, 7) is 2.81. The van der Waals surface area contributed by atoms with Crippen molar-refractivity contribution in [2.75, 3.05) is 20.2 Å². The van der Waals surface area contributed by atoms with Gasteiger partial charge < -0.3 is 15.0 Å². The lowest BCUT2D eigenvalue weighted by Crippen LogP contribution is -2.41. The third-order valence-electron chi connectivity index (χ3n) is 7.01. The van der Waals surface area contributed by atoms with E-state index >= 15 is 0 Å². The Labute approximate surface area is 183 Å². The molecule has 0 saturated carbocycles. The number of benzene rings is 2. The normalized spacial score (nSPS) is 19.8. The second-order valence-electron chi connectivity index (χ2n) is 8.93. The monoisotopic (exact) mass is 417 g/mol. The molecule has 1 saturated heterocycles. The van der Waals surface area contributed by atoms with E-state index in [1.165, 1.54) is 22.1 Å². The van der Waals surface area contributed by atoms with Crippen LogP contribution in [0.25, 0.3) is 10.9 Å². The van der Waals surface area contributed by atoms with E-state index in [-0.39, 0.29) is 17.9 Å². The first kappa shape index (κ1) is 20.1. The number of carbonyl (C=O) groups excluding carboxylic acids is 1. The van der Waals surface area contributed by atoms with Crippen LogP contribution in [0, 0.1) is 5.92 Å². The highest BCUT2D eigenvalue weighted by Gasteiger charge is 2.28. The van der Waals surface area contributed by atoms with Crippen molar-refractivity contribution in [1.29, 1.82) is 0 Å². The molecule has 0 radical (unpaired) electrons. The molecule has 1 atom stereocenters. The fraction of sp³-hybridized carbons (Fsp3) is 0.423. The lowest BCUT2D eigenvalue weighted by molar-refractivity contribution is -0.127. The van der Waals surface area contributed by atoms with Crippen LogP contribution in [-0.4, -0.2) is 36.0 Å². The topological polar surface area (TPSA) is 57.4 Å². The van der Waals surface area contributed by atoms with Crippen LogP contribution in [0.1, 0.15) is 48.4 Å². The van der Waals surface area contributed by atoms with E-state index < -0.39 is 0 Å². The third kappa shape index (κ3) is 4.19. The Morgan fingerprint density at radius 3 is 2.84 bits per heavy atom. The summed E-state index contributed by atoms with van der Waals surface area (Å²) in [5, 5.41) is 4.58. The van der Waals surface area contributed by atoms with Gasteiger partial charge in [0.15, 0.2) is 0 Å². The van der Waals surface area contributed by atoms with Gasteiger partial charge in [-0.05, 0) is 80.1 Å². The number of piperidine rings is 1. The van der Waals surface area contributed by atoms with Crippen LogP contribution in [0.3, 0.4) is 0 Å². The fourth-order valence-electron chi connectivity index (χ4n) is 5.20. The first-order valence-electron chi connectivity index (χ1n) is 11.5. The molecule has 1 fully saturated rings. The van der Waals surface area contributed by atoms with Crippen molar-refractivity contribution < 1.29 is 9.53 Å². The third-order valence-corrected chi connectivity index (χ3v) is 7.01. The fourth-order valence-corrected chi connectivity index (χ4v) is 5.20. The van der Waals surface area contributed by atoms with Crippen molar-refractivity contribution in [3.05, 3.63) is 65.4 Å². The highest BCUT2D eigenvalue weighted by molar-refractivity contribution is 5.84. The molecule has 5 rings (SSSR count). The number of amides is 1. The summed E-state index contributed by atoms with van der Waals surface area (Å²) in [4.78, 5) is 18.8. The maximum absolute atomic E-state index is 13.0. The van der Waals surface area contributed by atoms with Gasteiger partial charge in [0.05, 0.1) is 13.2 Å². The number of H-pyrrole nitrogens is 1. The number of aryl methyl sites for hydroxylation is 1. The largest absolute Gasteiger partial charge is 0.497 e. The number of ether oxygens (including phenoxy) is 1. The average Bonchev–Trinajstić information content (AvgIpc) is 3.21. The quantitative estimate of drug-likeness (QED) is 0.639. The summed E-state index contributed by atoms with van der Waals surface area (Å²) in [5.41, 5.74) is 5.13. The standard InChI is InChI=1S/C26H31N3O2/c1-31-21-9-10-24-23(15-21)20(16-27-24)17-29-13-11-19(12-14-29)26(30)28-25-8-4-6-18-5-2-3-7-22(18)25/h2-3,5,7,9-10,15-16,19,25,27H,4,6,8,11-14,17H2,1H3,(H,28,30)/t25-/m0/s1. The number of carbonyl (C=O) groups is 1. The first-order valence-corrected chi connectivity index (χ1v) is 11.5. The zero-order valence-corrected chi connectivity index (χ0v) is 18.2. The number of aromatic amines is 1. The number of likely N-dealkylation sites (tertiary alicyclic amines) is 1. The summed E-state index contributed by atoms with van der Waals surface area (Å²) >= 11 is 0. The van der Waals surface area contributed by atoms with Gasteiger partial charge in [-0.3, -0.25) is 9.69 Å². The van der Waals surface area contributed by atoms with Gasteiger partial charge >= 0.3 is 0 Å². The van der Waals surface area contributed by atoms with Crippen molar-refractivity contribution in [2.24, 2.45) is 5.92 Å². The van der Waals surface area contributed by atoms with Gasteiger partial charge in [-0.15, -0.1) is 0 Å². The van der Waals surface area contributed by atoms with E-state index in [1.807, 2.05) is 6.07 Å². The minimum atomic E-state index is 0.119. The number of rotatable bonds is 5. The maximum Gasteiger partial charge on any atom is 0.223 e. The van der Waals surface area contributed by atoms with Gasteiger partial charge in [0, 0.05) is 29.6 Å². The van der Waals surface area contributed by atoms with E-state index in [4.69, 9.17) is 4.74 Å². The Kier molecular flexibility index (Phi) is 5.68. The number of nitrogens with zero attached hydrogens (tertiary/aromatic N) is 1. The van der Waals surface area contributed by atoms with E-state index in [2.05, 4.69) is 57.8 Å². The Morgan fingerprint density at radius 2 is 2.00 bits per heavy atom. The SMILES string of the molecule is COc1ccc2[nH]cc(CN3CCC(C(=O)N[C@H]4CCCc5ccccc54)CC3)c2c1. The molecule has 0 unspecified atom stereocenters. The van der Waals surface area contributed by atoms with Crippen LogP contribution in [0.5, 0.6) is 5.75 Å². The summed E-state index contributed by atoms with van der Waals surface area (Å²) in [6, 6.07) is 14.9. The number of aromatic nitrogens is 1. The molecular weight excluding hydrogens is 386 g/mol. The summed E-state index contributed by atoms with van der Waals surface area (Å²) in [7, 11) is 1.70. The Morgan fingerprint density at radius 1 is 1.16 bits per heavy atom. The van der Waals surface area contributed by atoms with Gasteiger partial charge in [0.2, 0.25) is 5.91 Å². The number of hydrogen-bond acceptors (Lipinski definition) is 3. The van der Waals surface area contributed by atoms with Crippen molar-refractivity contribution in [2.45, 2.75) is 44.7 Å². The number of methoxy groups -OCH3 is 1. The first-order chi connectivity index (χ1) is 15.2. The molecule has 1 amide bonds. The second kappa shape index (κ2) is 8.75. The van der Waals surface area contributed by atoms with Crippen LogP contribution in [0.15, 0.2) is 48.7 Å². The summed E-state index contributed by atoms with van der Waals surface area (Å²) < 4.78 is 5.39. The number of nitrogens with one attached hydrogen (secondary N) is 2. The molecule has 0 bridgehead atoms. The van der Waals surface area contributed by atoms with Gasteiger partial charge in [-0.1, -0.05) is 24.3 Å². The van der Waals surface area contributed by atoms with Gasteiger partial charge in [-0.25, -0.2) is 0 Å². The van der Waals surface area contributed by atoms with Crippen LogP contribution in [-0.2, 0) is 17.8 Å². The average molecular weight is 418 g/mol. The van der Waals surface area contributed by atoms with E-state index in [0.717, 1.165) is 63.0 Å². The molecule has 2 aromatic carbocycles. The van der Waals surface area contributed by atoms with Crippen molar-refractivity contribution in [3.63, 3.8) is 0 Å². The molecule has 31 heavy (non-hydrogen) atoms. The highest BCUT2D eigenvalue weighted by atomic mass is 16.5. The minimum absolute atomic E-state index is 0.119. The Hall–Kier alpha value is -2.79. The van der Waals surface area contributed by atoms with E-state index in [1.54, 1.807) is 7.11 Å². The lowest BCUT2D eigenvalue weighted by atomic mass is 9.87. The van der Waals surface area contributed by atoms with Gasteiger partial charge in [0.25, 0.3) is 0 Å². The van der Waals surface area contributed by atoms with Crippen LogP contribution in [0.4, 0.5) is 0 Å². The summed E-state index contributed by atoms with van der Waals surface area (Å²) in [5.74, 6) is 1.24. The van der Waals surface area contributed by atoms with Crippen LogP contribution < -0.4 is 10.1 Å². The second-order valence-corrected chi connectivity index (χ2v) is 8.93. The van der Waals surface area contributed by atoms with E-state index in [0.29, 0.717) is 0 Å². The molecule has 5 nitrogen and oxygen atoms in total. The predicted molar refractivity (Wildman–Crippen MR) is 123 cm³/mol. The summed E-state index contributed by atoms with van der Waals surface area (Å²) in [6.07, 6.45) is 7.27. The molecule has 0 spiro atoms. The van der Waals surface area contributed by atoms with Crippen molar-refractivity contribution in [1.82, 2.24) is 15.2 Å². The van der Waals surface area contributed by atoms with E-state index in [9.17, 15) is 4.79 Å². The minimum Gasteiger partial charge on any atom is -0.497 e. The molecule has 1 aliphatic heterocycles. The highest BCUT2D eigenvalue weighted by Crippen LogP contribution is 2.31. The molecule has 2 N–H and O–H groups in total. The molecule has 1 aromatic heterocycles. The number of hydrogen-bond donors (Lipinski definition) is 2. The van der Waals surface area contributed by atoms with Gasteiger partial charge in [0.1, 0.15) is 5.75 Å². The van der Waals surface area contributed by atoms with Crippen LogP contribution >= 0.6 is 0 Å². The maximum atomic E-state index is 13.0. The molecule has 3 aromatic rings. The molecule has 1 aliphatic carbocycles. The lowest BCUT2D eigenvalue weighted by Gasteiger charge is -2.33. The molecule has 2 heterocycles. The predicted octanol–water partition coefficient (Wildman–Crippen LogP) is 4.58. The molecular formula is C26H31N3O2. The Balaban J connectivity index is 1.18. The van der Waals surface area contributed by atoms with Gasteiger partial charge in [-0.2, -0.15) is 0 Å². The Bertz CT molecular complexity index is 1070.